The Morgan fingerprint density at radius 3 is 2.64 bits per heavy atom. The molecule has 1 amide bonds. The van der Waals surface area contributed by atoms with Gasteiger partial charge in [-0.05, 0) is 36.4 Å². The number of nitrogens with one attached hydrogen (secondary N) is 1. The molecule has 0 aliphatic rings. The van der Waals surface area contributed by atoms with Crippen LogP contribution in [0.5, 0.6) is 0 Å². The topological polar surface area (TPSA) is 29.1 Å². The van der Waals surface area contributed by atoms with Crippen LogP contribution >= 0.6 is 39.3 Å². The summed E-state index contributed by atoms with van der Waals surface area (Å²) in [6, 6.07) is 11.8. The lowest BCUT2D eigenvalue weighted by Gasteiger charge is -2.07. The molecule has 0 atom stereocenters. The third kappa shape index (κ3) is 5.00. The highest BCUT2D eigenvalue weighted by Gasteiger charge is 2.07. The number of carbonyl (C=O) groups excluding carboxylic acids is 1. The molecular weight excluding hydrogens is 389 g/mol. The lowest BCUT2D eigenvalue weighted by atomic mass is 10.2. The van der Waals surface area contributed by atoms with Crippen molar-refractivity contribution in [2.45, 2.75) is 5.75 Å². The highest BCUT2D eigenvalue weighted by molar-refractivity contribution is 9.10. The average molecular weight is 403 g/mol. The largest absolute Gasteiger partial charge is 0.351 e. The van der Waals surface area contributed by atoms with Gasteiger partial charge in [0.25, 0.3) is 5.91 Å². The number of carbonyl (C=O) groups is 1. The zero-order valence-corrected chi connectivity index (χ0v) is 14.8. The van der Waals surface area contributed by atoms with Crippen molar-refractivity contribution in [2.24, 2.45) is 0 Å². The fourth-order valence-electron chi connectivity index (χ4n) is 1.78. The van der Waals surface area contributed by atoms with E-state index in [1.807, 2.05) is 12.1 Å². The lowest BCUT2D eigenvalue weighted by molar-refractivity contribution is 0.0956. The fourth-order valence-corrected chi connectivity index (χ4v) is 3.25. The van der Waals surface area contributed by atoms with Crippen molar-refractivity contribution in [3.05, 3.63) is 68.9 Å². The Morgan fingerprint density at radius 2 is 1.95 bits per heavy atom. The van der Waals surface area contributed by atoms with Crippen LogP contribution in [-0.2, 0) is 5.75 Å². The predicted molar refractivity (Wildman–Crippen MR) is 94.0 cm³/mol. The van der Waals surface area contributed by atoms with Crippen LogP contribution < -0.4 is 5.32 Å². The van der Waals surface area contributed by atoms with E-state index in [1.54, 1.807) is 24.3 Å². The number of amides is 1. The van der Waals surface area contributed by atoms with Crippen molar-refractivity contribution in [3.63, 3.8) is 0 Å². The van der Waals surface area contributed by atoms with E-state index in [4.69, 9.17) is 11.6 Å². The van der Waals surface area contributed by atoms with Gasteiger partial charge in [-0.15, -0.1) is 0 Å². The quantitative estimate of drug-likeness (QED) is 0.696. The number of rotatable bonds is 6. The Morgan fingerprint density at radius 1 is 1.23 bits per heavy atom. The first-order valence-corrected chi connectivity index (χ1v) is 8.95. The van der Waals surface area contributed by atoms with Gasteiger partial charge in [0.05, 0.1) is 0 Å². The Hall–Kier alpha value is -1.04. The van der Waals surface area contributed by atoms with E-state index in [0.29, 0.717) is 34.2 Å². The SMILES string of the molecule is O=C(NCCSCc1c(F)cccc1Cl)c1ccc(Br)cc1. The van der Waals surface area contributed by atoms with Gasteiger partial charge in [-0.1, -0.05) is 33.6 Å². The Labute approximate surface area is 146 Å². The third-order valence-corrected chi connectivity index (χ3v) is 4.81. The third-order valence-electron chi connectivity index (χ3n) is 2.95. The molecule has 2 rings (SSSR count). The normalized spacial score (nSPS) is 10.5. The molecule has 0 unspecified atom stereocenters. The average Bonchev–Trinajstić information content (AvgIpc) is 2.50. The zero-order chi connectivity index (χ0) is 15.9. The van der Waals surface area contributed by atoms with Gasteiger partial charge in [0.15, 0.2) is 0 Å². The summed E-state index contributed by atoms with van der Waals surface area (Å²) in [4.78, 5) is 11.9. The lowest BCUT2D eigenvalue weighted by Crippen LogP contribution is -2.25. The molecule has 0 aromatic heterocycles. The fraction of sp³-hybridized carbons (Fsp3) is 0.188. The van der Waals surface area contributed by atoms with Crippen LogP contribution in [0.3, 0.4) is 0 Å². The molecule has 1 N–H and O–H groups in total. The van der Waals surface area contributed by atoms with Crippen molar-refractivity contribution in [3.8, 4) is 0 Å². The molecule has 0 aliphatic carbocycles. The molecule has 2 nitrogen and oxygen atoms in total. The highest BCUT2D eigenvalue weighted by atomic mass is 79.9. The molecule has 0 radical (unpaired) electrons. The second kappa shape index (κ2) is 8.56. The molecule has 0 fully saturated rings. The van der Waals surface area contributed by atoms with E-state index in [-0.39, 0.29) is 11.7 Å². The molecule has 0 heterocycles. The van der Waals surface area contributed by atoms with Gasteiger partial charge < -0.3 is 5.32 Å². The number of hydrogen-bond donors (Lipinski definition) is 1. The molecule has 0 aliphatic heterocycles. The molecule has 116 valence electrons. The van der Waals surface area contributed by atoms with E-state index in [0.717, 1.165) is 4.47 Å². The van der Waals surface area contributed by atoms with E-state index in [9.17, 15) is 9.18 Å². The zero-order valence-electron chi connectivity index (χ0n) is 11.6. The minimum atomic E-state index is -0.293. The summed E-state index contributed by atoms with van der Waals surface area (Å²) in [5.41, 5.74) is 1.12. The van der Waals surface area contributed by atoms with Gasteiger partial charge in [0.1, 0.15) is 5.82 Å². The standard InChI is InChI=1S/C16H14BrClFNOS/c17-12-6-4-11(5-7-12)16(21)20-8-9-22-10-13-14(18)2-1-3-15(13)19/h1-7H,8-10H2,(H,20,21). The van der Waals surface area contributed by atoms with Gasteiger partial charge in [0.2, 0.25) is 0 Å². The molecule has 2 aromatic carbocycles. The van der Waals surface area contributed by atoms with Crippen molar-refractivity contribution in [1.82, 2.24) is 5.32 Å². The summed E-state index contributed by atoms with van der Waals surface area (Å²) in [5, 5.41) is 3.27. The van der Waals surface area contributed by atoms with Crippen LogP contribution in [0.4, 0.5) is 4.39 Å². The number of halogens is 3. The minimum absolute atomic E-state index is 0.114. The summed E-state index contributed by atoms with van der Waals surface area (Å²) >= 11 is 10.8. The molecule has 2 aromatic rings. The maximum Gasteiger partial charge on any atom is 0.251 e. The highest BCUT2D eigenvalue weighted by Crippen LogP contribution is 2.23. The molecule has 22 heavy (non-hydrogen) atoms. The van der Waals surface area contributed by atoms with E-state index >= 15 is 0 Å². The van der Waals surface area contributed by atoms with Crippen molar-refractivity contribution >= 4 is 45.2 Å². The van der Waals surface area contributed by atoms with E-state index < -0.39 is 0 Å². The maximum absolute atomic E-state index is 13.6. The van der Waals surface area contributed by atoms with Gasteiger partial charge in [-0.25, -0.2) is 4.39 Å². The minimum Gasteiger partial charge on any atom is -0.351 e. The van der Waals surface area contributed by atoms with E-state index in [1.165, 1.54) is 17.8 Å². The monoisotopic (exact) mass is 401 g/mol. The van der Waals surface area contributed by atoms with Gasteiger partial charge in [-0.3, -0.25) is 4.79 Å². The first-order chi connectivity index (χ1) is 10.6. The maximum atomic E-state index is 13.6. The Balaban J connectivity index is 1.73. The van der Waals surface area contributed by atoms with Gasteiger partial charge in [-0.2, -0.15) is 11.8 Å². The first kappa shape index (κ1) is 17.3. The Bertz CT molecular complexity index is 631. The van der Waals surface area contributed by atoms with Crippen LogP contribution in [0.25, 0.3) is 0 Å². The first-order valence-electron chi connectivity index (χ1n) is 6.62. The Kier molecular flexibility index (Phi) is 6.73. The summed E-state index contributed by atoms with van der Waals surface area (Å²) in [6.07, 6.45) is 0. The van der Waals surface area contributed by atoms with Crippen molar-refractivity contribution in [2.75, 3.05) is 12.3 Å². The summed E-state index contributed by atoms with van der Waals surface area (Å²) < 4.78 is 14.5. The van der Waals surface area contributed by atoms with Crippen LogP contribution in [0.1, 0.15) is 15.9 Å². The molecule has 0 bridgehead atoms. The smallest absolute Gasteiger partial charge is 0.251 e. The van der Waals surface area contributed by atoms with Crippen molar-refractivity contribution in [1.29, 1.82) is 0 Å². The van der Waals surface area contributed by atoms with Gasteiger partial charge >= 0.3 is 0 Å². The molecule has 0 spiro atoms. The van der Waals surface area contributed by atoms with Gasteiger partial charge in [0, 0.05) is 38.7 Å². The molecule has 6 heteroatoms. The summed E-state index contributed by atoms with van der Waals surface area (Å²) in [5.74, 6) is 0.767. The number of thioether (sulfide) groups is 1. The second-order valence-electron chi connectivity index (χ2n) is 4.52. The molecular formula is C16H14BrClFNOS. The van der Waals surface area contributed by atoms with Crippen LogP contribution in [0.15, 0.2) is 46.9 Å². The summed E-state index contributed by atoms with van der Waals surface area (Å²) in [7, 11) is 0. The van der Waals surface area contributed by atoms with Crippen molar-refractivity contribution < 1.29 is 9.18 Å². The molecule has 0 saturated carbocycles. The predicted octanol–water partition coefficient (Wildman–Crippen LogP) is 4.90. The van der Waals surface area contributed by atoms with Crippen LogP contribution in [0.2, 0.25) is 5.02 Å². The van der Waals surface area contributed by atoms with Crippen LogP contribution in [-0.4, -0.2) is 18.2 Å². The van der Waals surface area contributed by atoms with E-state index in [2.05, 4.69) is 21.2 Å². The number of benzene rings is 2. The van der Waals surface area contributed by atoms with Crippen LogP contribution in [0, 0.1) is 5.82 Å². The summed E-state index contributed by atoms with van der Waals surface area (Å²) in [6.45, 7) is 0.519. The molecule has 0 saturated heterocycles. The number of hydrogen-bond acceptors (Lipinski definition) is 2. The second-order valence-corrected chi connectivity index (χ2v) is 6.94.